The van der Waals surface area contributed by atoms with E-state index in [2.05, 4.69) is 25.7 Å². The van der Waals surface area contributed by atoms with E-state index in [-0.39, 0.29) is 37.2 Å². The maximum absolute atomic E-state index is 13.4. The van der Waals surface area contributed by atoms with Crippen LogP contribution >= 0.6 is 13.5 Å². The summed E-state index contributed by atoms with van der Waals surface area (Å²) in [6, 6.07) is 4.17. The van der Waals surface area contributed by atoms with Gasteiger partial charge in [-0.3, -0.25) is 9.48 Å². The number of aryl methyl sites for hydroxylation is 1. The topological polar surface area (TPSA) is 97.2 Å². The molecule has 9 nitrogen and oxygen atoms in total. The highest BCUT2D eigenvalue weighted by molar-refractivity contribution is 7.59. The van der Waals surface area contributed by atoms with Gasteiger partial charge in [0.25, 0.3) is 0 Å². The lowest BCUT2D eigenvalue weighted by molar-refractivity contribution is -0.118. The number of nitrogens with one attached hydrogen (secondary N) is 2. The van der Waals surface area contributed by atoms with Crippen LogP contribution in [-0.4, -0.2) is 45.9 Å². The van der Waals surface area contributed by atoms with Gasteiger partial charge in [0.1, 0.15) is 23.3 Å². The number of anilines is 3. The van der Waals surface area contributed by atoms with Gasteiger partial charge in [-0.15, -0.1) is 0 Å². The molecule has 0 fully saturated rings. The lowest BCUT2D eigenvalue weighted by Crippen LogP contribution is -2.49. The first-order valence-corrected chi connectivity index (χ1v) is 10.8. The van der Waals surface area contributed by atoms with Crippen molar-refractivity contribution in [3.05, 3.63) is 53.2 Å². The van der Waals surface area contributed by atoms with Crippen molar-refractivity contribution in [2.45, 2.75) is 39.9 Å². The summed E-state index contributed by atoms with van der Waals surface area (Å²) in [4.78, 5) is 23.6. The van der Waals surface area contributed by atoms with Gasteiger partial charge in [-0.05, 0) is 18.9 Å². The first-order valence-electron chi connectivity index (χ1n) is 10.8. The molecule has 0 saturated heterocycles. The normalized spacial score (nSPS) is 15.0. The summed E-state index contributed by atoms with van der Waals surface area (Å²) < 4.78 is 20.5. The Morgan fingerprint density at radius 3 is 2.76 bits per heavy atom. The Morgan fingerprint density at radius 2 is 2.06 bits per heavy atom. The second kappa shape index (κ2) is 10.3. The minimum Gasteiger partial charge on any atom is -0.496 e. The number of methoxy groups -OCH3 is 1. The minimum atomic E-state index is -0.341. The van der Waals surface area contributed by atoms with Gasteiger partial charge in [0.15, 0.2) is 5.82 Å². The number of hydrogen-bond acceptors (Lipinski definition) is 7. The van der Waals surface area contributed by atoms with Gasteiger partial charge < -0.3 is 20.3 Å². The lowest BCUT2D eigenvalue weighted by Gasteiger charge is -2.36. The fourth-order valence-electron chi connectivity index (χ4n) is 4.08. The summed E-state index contributed by atoms with van der Waals surface area (Å²) in [6.45, 7) is 6.81. The third kappa shape index (κ3) is 5.09. The minimum absolute atomic E-state index is 0. The van der Waals surface area contributed by atoms with Crippen LogP contribution in [0.1, 0.15) is 30.7 Å². The van der Waals surface area contributed by atoms with Crippen LogP contribution < -0.4 is 20.3 Å². The summed E-state index contributed by atoms with van der Waals surface area (Å²) in [5.74, 6) is 1.41. The Hall–Kier alpha value is -3.34. The number of rotatable bonds is 7. The van der Waals surface area contributed by atoms with Crippen LogP contribution in [0.15, 0.2) is 30.6 Å². The molecule has 0 aliphatic carbocycles. The van der Waals surface area contributed by atoms with Crippen molar-refractivity contribution in [2.24, 2.45) is 5.92 Å². The summed E-state index contributed by atoms with van der Waals surface area (Å²) in [6.07, 6.45) is 3.66. The number of carbonyl (C=O) groups excluding carboxylic acids is 1. The first kappa shape index (κ1) is 25.3. The zero-order chi connectivity index (χ0) is 23.7. The van der Waals surface area contributed by atoms with E-state index in [0.29, 0.717) is 42.0 Å². The van der Waals surface area contributed by atoms with Gasteiger partial charge in [0.05, 0.1) is 25.5 Å². The highest BCUT2D eigenvalue weighted by Crippen LogP contribution is 2.34. The maximum atomic E-state index is 13.4. The molecule has 3 heterocycles. The molecule has 182 valence electrons. The molecule has 2 aromatic heterocycles. The van der Waals surface area contributed by atoms with Crippen LogP contribution in [0.5, 0.6) is 5.75 Å². The number of fused-ring (bicyclic) bond motifs is 1. The van der Waals surface area contributed by atoms with Crippen molar-refractivity contribution in [1.29, 1.82) is 0 Å². The van der Waals surface area contributed by atoms with Gasteiger partial charge in [-0.1, -0.05) is 19.9 Å². The number of amides is 1. The first-order chi connectivity index (χ1) is 15.8. The van der Waals surface area contributed by atoms with E-state index in [1.54, 1.807) is 16.9 Å². The lowest BCUT2D eigenvalue weighted by atomic mass is 9.99. The van der Waals surface area contributed by atoms with Gasteiger partial charge in [0.2, 0.25) is 11.9 Å². The zero-order valence-electron chi connectivity index (χ0n) is 19.9. The van der Waals surface area contributed by atoms with Crippen molar-refractivity contribution in [1.82, 2.24) is 19.7 Å². The van der Waals surface area contributed by atoms with Crippen LogP contribution in [0, 0.1) is 18.7 Å². The molecule has 2 N–H and O–H groups in total. The fourth-order valence-corrected chi connectivity index (χ4v) is 4.08. The Kier molecular flexibility index (Phi) is 7.65. The van der Waals surface area contributed by atoms with Gasteiger partial charge in [-0.2, -0.15) is 23.6 Å². The standard InChI is InChI=1S/C23H28FN7O2.H2S/c1-13(2)20-22(32)28-19-14(3)27-23(29-21(19)30(20)4)25-9-15-10-26-31(11-15)12-16-6-7-17(24)8-18(16)33-5;/h6-8,10-11,13,20H,9,12H2,1-5H3,(H,28,32)(H,25,27,29);1H2/t20-;/m0./s1. The molecule has 0 saturated carbocycles. The summed E-state index contributed by atoms with van der Waals surface area (Å²) in [5.41, 5.74) is 3.12. The third-order valence-corrected chi connectivity index (χ3v) is 5.69. The van der Waals surface area contributed by atoms with Crippen molar-refractivity contribution < 1.29 is 13.9 Å². The SMILES string of the molecule is COc1cc(F)ccc1Cn1cc(CNc2nc(C)c3c(n2)N(C)[C@@H](C(C)C)C(=O)N3)cn1.S. The van der Waals surface area contributed by atoms with Crippen LogP contribution in [0.2, 0.25) is 0 Å². The van der Waals surface area contributed by atoms with Crippen LogP contribution in [0.4, 0.5) is 21.8 Å². The average Bonchev–Trinajstić information content (AvgIpc) is 3.21. The maximum Gasteiger partial charge on any atom is 0.247 e. The molecule has 1 aliphatic rings. The third-order valence-electron chi connectivity index (χ3n) is 5.69. The average molecular weight is 488 g/mol. The quantitative estimate of drug-likeness (QED) is 0.528. The van der Waals surface area contributed by atoms with E-state index in [1.807, 2.05) is 38.9 Å². The predicted octanol–water partition coefficient (Wildman–Crippen LogP) is 3.32. The van der Waals surface area contributed by atoms with E-state index in [1.165, 1.54) is 19.2 Å². The van der Waals surface area contributed by atoms with Crippen molar-refractivity contribution >= 4 is 36.9 Å². The van der Waals surface area contributed by atoms with E-state index in [9.17, 15) is 9.18 Å². The highest BCUT2D eigenvalue weighted by atomic mass is 32.1. The number of benzene rings is 1. The van der Waals surface area contributed by atoms with Gasteiger partial charge in [0, 0.05) is 37.0 Å². The molecule has 4 rings (SSSR count). The molecule has 3 aromatic rings. The van der Waals surface area contributed by atoms with E-state index in [0.717, 1.165) is 11.1 Å². The van der Waals surface area contributed by atoms with Crippen molar-refractivity contribution in [3.8, 4) is 5.75 Å². The Morgan fingerprint density at radius 1 is 1.29 bits per heavy atom. The highest BCUT2D eigenvalue weighted by Gasteiger charge is 2.35. The molecule has 1 aliphatic heterocycles. The monoisotopic (exact) mass is 487 g/mol. The molecule has 0 unspecified atom stereocenters. The van der Waals surface area contributed by atoms with E-state index in [4.69, 9.17) is 4.74 Å². The summed E-state index contributed by atoms with van der Waals surface area (Å²) in [7, 11) is 3.40. The van der Waals surface area contributed by atoms with Crippen molar-refractivity contribution in [3.63, 3.8) is 0 Å². The van der Waals surface area contributed by atoms with Crippen LogP contribution in [0.25, 0.3) is 0 Å². The van der Waals surface area contributed by atoms with Crippen molar-refractivity contribution in [2.75, 3.05) is 29.7 Å². The number of aromatic nitrogens is 4. The Balaban J connectivity index is 0.00000324. The largest absolute Gasteiger partial charge is 0.496 e. The number of ether oxygens (including phenoxy) is 1. The Labute approximate surface area is 205 Å². The fraction of sp³-hybridized carbons (Fsp3) is 0.391. The molecule has 0 spiro atoms. The molecule has 34 heavy (non-hydrogen) atoms. The number of hydrogen-bond donors (Lipinski definition) is 2. The Bertz CT molecular complexity index is 1180. The summed E-state index contributed by atoms with van der Waals surface area (Å²) in [5, 5.41) is 10.6. The van der Waals surface area contributed by atoms with E-state index >= 15 is 0 Å². The van der Waals surface area contributed by atoms with Gasteiger partial charge >= 0.3 is 0 Å². The van der Waals surface area contributed by atoms with Crippen LogP contribution in [-0.2, 0) is 17.9 Å². The molecular formula is C23H30FN7O2S. The molecule has 0 bridgehead atoms. The van der Waals surface area contributed by atoms with Crippen LogP contribution in [0.3, 0.4) is 0 Å². The molecule has 0 radical (unpaired) electrons. The molecule has 1 amide bonds. The van der Waals surface area contributed by atoms with Gasteiger partial charge in [-0.25, -0.2) is 9.37 Å². The smallest absolute Gasteiger partial charge is 0.247 e. The second-order valence-corrected chi connectivity index (χ2v) is 8.48. The number of carbonyl (C=O) groups is 1. The molecule has 1 aromatic carbocycles. The summed E-state index contributed by atoms with van der Waals surface area (Å²) >= 11 is 0. The predicted molar refractivity (Wildman–Crippen MR) is 134 cm³/mol. The number of likely N-dealkylation sites (N-methyl/N-ethyl adjacent to an activating group) is 1. The number of halogens is 1. The molecular weight excluding hydrogens is 457 g/mol. The zero-order valence-corrected chi connectivity index (χ0v) is 20.9. The molecule has 11 heteroatoms. The van der Waals surface area contributed by atoms with E-state index < -0.39 is 0 Å². The number of nitrogens with zero attached hydrogens (tertiary/aromatic N) is 5. The second-order valence-electron chi connectivity index (χ2n) is 8.48. The molecule has 1 atom stereocenters.